The van der Waals surface area contributed by atoms with Crippen molar-refractivity contribution in [2.75, 3.05) is 7.11 Å². The van der Waals surface area contributed by atoms with Gasteiger partial charge in [0.15, 0.2) is 0 Å². The average molecular weight is 233 g/mol. The van der Waals surface area contributed by atoms with E-state index in [1.54, 1.807) is 11.8 Å². The highest BCUT2D eigenvalue weighted by atomic mass is 35.5. The van der Waals surface area contributed by atoms with Crippen LogP contribution in [0.1, 0.15) is 32.0 Å². The van der Waals surface area contributed by atoms with Crippen molar-refractivity contribution in [3.8, 4) is 0 Å². The number of hydrogen-bond donors (Lipinski definition) is 1. The van der Waals surface area contributed by atoms with E-state index in [4.69, 9.17) is 16.3 Å². The first-order chi connectivity index (χ1) is 6.91. The summed E-state index contributed by atoms with van der Waals surface area (Å²) in [5.41, 5.74) is 1.14. The van der Waals surface area contributed by atoms with Crippen LogP contribution in [0.5, 0.6) is 0 Å². The molecule has 0 unspecified atom stereocenters. The molecule has 1 aromatic rings. The van der Waals surface area contributed by atoms with Crippen molar-refractivity contribution < 1.29 is 9.84 Å². The molecular formula is C10H17ClN2O2. The van der Waals surface area contributed by atoms with Crippen molar-refractivity contribution in [1.29, 1.82) is 0 Å². The van der Waals surface area contributed by atoms with Gasteiger partial charge in [0.2, 0.25) is 0 Å². The van der Waals surface area contributed by atoms with Crippen LogP contribution in [0.25, 0.3) is 0 Å². The van der Waals surface area contributed by atoms with Crippen LogP contribution >= 0.6 is 11.6 Å². The largest absolute Gasteiger partial charge is 0.391 e. The summed E-state index contributed by atoms with van der Waals surface area (Å²) in [6, 6.07) is 0. The standard InChI is InChI=1S/C10H17ClN2O2/c1-10(2,3)13-9(11)7(5-14)8(12-13)6-15-4/h14H,5-6H2,1-4H3. The predicted molar refractivity (Wildman–Crippen MR) is 58.9 cm³/mol. The van der Waals surface area contributed by atoms with E-state index in [2.05, 4.69) is 5.10 Å². The summed E-state index contributed by atoms with van der Waals surface area (Å²) in [7, 11) is 1.59. The molecule has 0 aliphatic rings. The molecule has 0 saturated heterocycles. The Labute approximate surface area is 94.8 Å². The lowest BCUT2D eigenvalue weighted by Crippen LogP contribution is -2.23. The van der Waals surface area contributed by atoms with E-state index in [1.807, 2.05) is 20.8 Å². The molecule has 0 aliphatic carbocycles. The van der Waals surface area contributed by atoms with E-state index >= 15 is 0 Å². The fraction of sp³-hybridized carbons (Fsp3) is 0.700. The second-order valence-corrected chi connectivity index (χ2v) is 4.75. The molecule has 0 amide bonds. The third-order valence-electron chi connectivity index (χ3n) is 2.08. The number of aliphatic hydroxyl groups is 1. The number of aliphatic hydroxyl groups excluding tert-OH is 1. The molecule has 1 heterocycles. The van der Waals surface area contributed by atoms with Crippen molar-refractivity contribution >= 4 is 11.6 Å². The van der Waals surface area contributed by atoms with Crippen molar-refractivity contribution in [1.82, 2.24) is 9.78 Å². The highest BCUT2D eigenvalue weighted by Gasteiger charge is 2.23. The molecule has 1 N–H and O–H groups in total. The molecule has 0 aliphatic heterocycles. The van der Waals surface area contributed by atoms with Crippen molar-refractivity contribution in [3.63, 3.8) is 0 Å². The lowest BCUT2D eigenvalue weighted by Gasteiger charge is -2.20. The number of halogens is 1. The first-order valence-electron chi connectivity index (χ1n) is 4.78. The summed E-state index contributed by atoms with van der Waals surface area (Å²) in [5.74, 6) is 0. The lowest BCUT2D eigenvalue weighted by atomic mass is 10.1. The smallest absolute Gasteiger partial charge is 0.133 e. The van der Waals surface area contributed by atoms with Gasteiger partial charge in [0.1, 0.15) is 5.15 Å². The van der Waals surface area contributed by atoms with Crippen LogP contribution in [-0.2, 0) is 23.5 Å². The Bertz CT molecular complexity index is 342. The van der Waals surface area contributed by atoms with E-state index in [1.165, 1.54) is 0 Å². The van der Waals surface area contributed by atoms with Gasteiger partial charge in [-0.25, -0.2) is 4.68 Å². The SMILES string of the molecule is COCc1nn(C(C)(C)C)c(Cl)c1CO. The number of nitrogens with zero attached hydrogens (tertiary/aromatic N) is 2. The van der Waals surface area contributed by atoms with Gasteiger partial charge in [-0.05, 0) is 20.8 Å². The number of hydrogen-bond acceptors (Lipinski definition) is 3. The van der Waals surface area contributed by atoms with E-state index in [9.17, 15) is 5.11 Å². The van der Waals surface area contributed by atoms with Gasteiger partial charge >= 0.3 is 0 Å². The first kappa shape index (κ1) is 12.5. The van der Waals surface area contributed by atoms with Crippen LogP contribution in [0.2, 0.25) is 5.15 Å². The van der Waals surface area contributed by atoms with Gasteiger partial charge in [-0.3, -0.25) is 0 Å². The van der Waals surface area contributed by atoms with Gasteiger partial charge in [-0.15, -0.1) is 0 Å². The zero-order valence-corrected chi connectivity index (χ0v) is 10.3. The van der Waals surface area contributed by atoms with Crippen LogP contribution in [0.15, 0.2) is 0 Å². The molecule has 15 heavy (non-hydrogen) atoms. The maximum absolute atomic E-state index is 9.21. The summed E-state index contributed by atoms with van der Waals surface area (Å²) < 4.78 is 6.71. The van der Waals surface area contributed by atoms with Crippen molar-refractivity contribution in [2.24, 2.45) is 0 Å². The zero-order valence-electron chi connectivity index (χ0n) is 9.54. The van der Waals surface area contributed by atoms with Crippen LogP contribution in [0, 0.1) is 0 Å². The molecule has 0 aromatic carbocycles. The Balaban J connectivity index is 3.21. The Morgan fingerprint density at radius 1 is 1.47 bits per heavy atom. The van der Waals surface area contributed by atoms with Crippen LogP contribution in [-0.4, -0.2) is 22.0 Å². The molecule has 1 aromatic heterocycles. The van der Waals surface area contributed by atoms with Crippen molar-refractivity contribution in [2.45, 2.75) is 39.5 Å². The maximum atomic E-state index is 9.21. The van der Waals surface area contributed by atoms with Crippen LogP contribution in [0.4, 0.5) is 0 Å². The highest BCUT2D eigenvalue weighted by Crippen LogP contribution is 2.26. The number of ether oxygens (including phenoxy) is 1. The molecule has 86 valence electrons. The number of rotatable bonds is 3. The van der Waals surface area contributed by atoms with E-state index in [0.717, 1.165) is 0 Å². The molecule has 0 radical (unpaired) electrons. The first-order valence-corrected chi connectivity index (χ1v) is 5.16. The zero-order chi connectivity index (χ0) is 11.6. The molecule has 0 spiro atoms. The van der Waals surface area contributed by atoms with Crippen LogP contribution in [0.3, 0.4) is 0 Å². The summed E-state index contributed by atoms with van der Waals surface area (Å²) in [6.07, 6.45) is 0. The Kier molecular flexibility index (Phi) is 3.76. The van der Waals surface area contributed by atoms with Gasteiger partial charge in [0.25, 0.3) is 0 Å². The monoisotopic (exact) mass is 232 g/mol. The number of aromatic nitrogens is 2. The van der Waals surface area contributed by atoms with E-state index in [0.29, 0.717) is 23.0 Å². The molecule has 5 heteroatoms. The van der Waals surface area contributed by atoms with E-state index in [-0.39, 0.29) is 12.1 Å². The Hall–Kier alpha value is -0.580. The van der Waals surface area contributed by atoms with Gasteiger partial charge in [0, 0.05) is 12.7 Å². The highest BCUT2D eigenvalue weighted by molar-refractivity contribution is 6.30. The average Bonchev–Trinajstić information content (AvgIpc) is 2.42. The second kappa shape index (κ2) is 4.51. The van der Waals surface area contributed by atoms with Crippen LogP contribution < -0.4 is 0 Å². The normalized spacial score (nSPS) is 12.1. The lowest BCUT2D eigenvalue weighted by molar-refractivity contribution is 0.176. The molecule has 0 bridgehead atoms. The topological polar surface area (TPSA) is 47.3 Å². The third kappa shape index (κ3) is 2.51. The Morgan fingerprint density at radius 3 is 2.47 bits per heavy atom. The maximum Gasteiger partial charge on any atom is 0.133 e. The van der Waals surface area contributed by atoms with Gasteiger partial charge in [-0.2, -0.15) is 5.10 Å². The molecule has 4 nitrogen and oxygen atoms in total. The summed E-state index contributed by atoms with van der Waals surface area (Å²) >= 11 is 6.13. The predicted octanol–water partition coefficient (Wildman–Crippen LogP) is 1.93. The van der Waals surface area contributed by atoms with Gasteiger partial charge in [0.05, 0.1) is 24.4 Å². The minimum absolute atomic E-state index is 0.117. The minimum atomic E-state index is -0.201. The third-order valence-corrected chi connectivity index (χ3v) is 2.47. The molecule has 1 rings (SSSR count). The molecule has 0 atom stereocenters. The summed E-state index contributed by atoms with van der Waals surface area (Å²) in [6.45, 7) is 6.25. The van der Waals surface area contributed by atoms with Gasteiger partial charge in [-0.1, -0.05) is 11.6 Å². The fourth-order valence-corrected chi connectivity index (χ4v) is 1.79. The number of methoxy groups -OCH3 is 1. The summed E-state index contributed by atoms with van der Waals surface area (Å²) in [5, 5.41) is 14.0. The summed E-state index contributed by atoms with van der Waals surface area (Å²) in [4.78, 5) is 0. The molecular weight excluding hydrogens is 216 g/mol. The van der Waals surface area contributed by atoms with Gasteiger partial charge < -0.3 is 9.84 Å². The minimum Gasteiger partial charge on any atom is -0.391 e. The molecule has 0 saturated carbocycles. The van der Waals surface area contributed by atoms with E-state index < -0.39 is 0 Å². The quantitative estimate of drug-likeness (QED) is 0.866. The second-order valence-electron chi connectivity index (χ2n) is 4.39. The molecule has 0 fully saturated rings. The Morgan fingerprint density at radius 2 is 2.07 bits per heavy atom. The van der Waals surface area contributed by atoms with Crippen molar-refractivity contribution in [3.05, 3.63) is 16.4 Å². The fourth-order valence-electron chi connectivity index (χ4n) is 1.33.